The van der Waals surface area contributed by atoms with Crippen molar-refractivity contribution in [3.63, 3.8) is 0 Å². The highest BCUT2D eigenvalue weighted by atomic mass is 32.1. The number of hydrogen-bond acceptors (Lipinski definition) is 4. The summed E-state index contributed by atoms with van der Waals surface area (Å²) in [6, 6.07) is -1.61. The number of carboxylic acids is 1. The third kappa shape index (κ3) is 5.16. The molecule has 112 valence electrons. The maximum atomic E-state index is 11.8. The van der Waals surface area contributed by atoms with Crippen LogP contribution in [-0.4, -0.2) is 28.1 Å². The number of nitrogens with one attached hydrogen (secondary N) is 2. The molecule has 0 saturated carbocycles. The molecule has 1 rings (SSSR count). The molecule has 2 atom stereocenters. The van der Waals surface area contributed by atoms with Gasteiger partial charge in [0, 0.05) is 11.1 Å². The molecular formula is C13H21N3O3S. The van der Waals surface area contributed by atoms with E-state index in [2.05, 4.69) is 15.6 Å². The SMILES string of the molecule is Cc1csc(C(C)NC(=O)N[C@H](CC(C)C)C(=O)O)n1. The minimum absolute atomic E-state index is 0.190. The minimum Gasteiger partial charge on any atom is -0.480 e. The number of nitrogens with zero attached hydrogens (tertiary/aromatic N) is 1. The van der Waals surface area contributed by atoms with Crippen molar-refractivity contribution in [2.45, 2.75) is 46.2 Å². The Kier molecular flexibility index (Phi) is 5.94. The number of hydrogen-bond donors (Lipinski definition) is 3. The molecule has 1 heterocycles. The molecule has 0 aliphatic heterocycles. The van der Waals surface area contributed by atoms with Crippen LogP contribution in [0.15, 0.2) is 5.38 Å². The van der Waals surface area contributed by atoms with Crippen molar-refractivity contribution in [1.29, 1.82) is 0 Å². The Balaban J connectivity index is 2.55. The van der Waals surface area contributed by atoms with Crippen LogP contribution in [0.25, 0.3) is 0 Å². The quantitative estimate of drug-likeness (QED) is 0.751. The van der Waals surface area contributed by atoms with Crippen LogP contribution in [0.2, 0.25) is 0 Å². The molecule has 3 N–H and O–H groups in total. The zero-order valence-corrected chi connectivity index (χ0v) is 13.0. The van der Waals surface area contributed by atoms with Crippen LogP contribution in [0.4, 0.5) is 4.79 Å². The molecule has 0 spiro atoms. The monoisotopic (exact) mass is 299 g/mol. The van der Waals surface area contributed by atoms with Crippen molar-refractivity contribution in [1.82, 2.24) is 15.6 Å². The van der Waals surface area contributed by atoms with Gasteiger partial charge in [-0.1, -0.05) is 13.8 Å². The van der Waals surface area contributed by atoms with Gasteiger partial charge in [0.1, 0.15) is 11.0 Å². The van der Waals surface area contributed by atoms with Gasteiger partial charge in [0.05, 0.1) is 6.04 Å². The molecule has 7 heteroatoms. The van der Waals surface area contributed by atoms with E-state index in [0.717, 1.165) is 10.7 Å². The van der Waals surface area contributed by atoms with Gasteiger partial charge in [-0.15, -0.1) is 11.3 Å². The lowest BCUT2D eigenvalue weighted by molar-refractivity contribution is -0.139. The topological polar surface area (TPSA) is 91.3 Å². The first-order chi connectivity index (χ1) is 9.29. The van der Waals surface area contributed by atoms with Crippen LogP contribution >= 0.6 is 11.3 Å². The molecule has 0 aromatic carbocycles. The molecule has 1 aromatic rings. The number of thiazole rings is 1. The molecule has 20 heavy (non-hydrogen) atoms. The van der Waals surface area contributed by atoms with Gasteiger partial charge in [0.15, 0.2) is 0 Å². The van der Waals surface area contributed by atoms with E-state index in [1.54, 1.807) is 0 Å². The normalized spacial score (nSPS) is 13.8. The lowest BCUT2D eigenvalue weighted by Gasteiger charge is -2.18. The van der Waals surface area contributed by atoms with E-state index in [-0.39, 0.29) is 12.0 Å². The largest absolute Gasteiger partial charge is 0.480 e. The molecule has 0 aliphatic rings. The molecule has 1 unspecified atom stereocenters. The number of carbonyl (C=O) groups excluding carboxylic acids is 1. The minimum atomic E-state index is -1.02. The summed E-state index contributed by atoms with van der Waals surface area (Å²) in [6.45, 7) is 7.53. The van der Waals surface area contributed by atoms with Crippen LogP contribution in [0, 0.1) is 12.8 Å². The Hall–Kier alpha value is -1.63. The summed E-state index contributed by atoms with van der Waals surface area (Å²) in [5.74, 6) is -0.831. The fraction of sp³-hybridized carbons (Fsp3) is 0.615. The number of aliphatic carboxylic acids is 1. The maximum Gasteiger partial charge on any atom is 0.326 e. The number of carboxylic acid groups (broad SMARTS) is 1. The Morgan fingerprint density at radius 2 is 2.00 bits per heavy atom. The molecule has 0 bridgehead atoms. The van der Waals surface area contributed by atoms with E-state index in [9.17, 15) is 9.59 Å². The summed E-state index contributed by atoms with van der Waals surface area (Å²) in [7, 11) is 0. The van der Waals surface area contributed by atoms with Crippen molar-refractivity contribution in [2.75, 3.05) is 0 Å². The Labute approximate surface area is 122 Å². The average Bonchev–Trinajstić information content (AvgIpc) is 2.74. The zero-order chi connectivity index (χ0) is 15.3. The fourth-order valence-electron chi connectivity index (χ4n) is 1.72. The van der Waals surface area contributed by atoms with Crippen LogP contribution in [0.1, 0.15) is 43.9 Å². The van der Waals surface area contributed by atoms with Crippen LogP contribution < -0.4 is 10.6 Å². The predicted octanol–water partition coefficient (Wildman–Crippen LogP) is 2.31. The number of aromatic nitrogens is 1. The third-order valence-corrected chi connectivity index (χ3v) is 3.81. The molecular weight excluding hydrogens is 278 g/mol. The Bertz CT molecular complexity index is 473. The number of carbonyl (C=O) groups is 2. The molecule has 0 aliphatic carbocycles. The molecule has 0 radical (unpaired) electrons. The molecule has 1 aromatic heterocycles. The lowest BCUT2D eigenvalue weighted by Crippen LogP contribution is -2.47. The number of rotatable bonds is 6. The van der Waals surface area contributed by atoms with Gasteiger partial charge in [-0.05, 0) is 26.2 Å². The Morgan fingerprint density at radius 1 is 1.35 bits per heavy atom. The highest BCUT2D eigenvalue weighted by molar-refractivity contribution is 7.09. The van der Waals surface area contributed by atoms with Crippen LogP contribution in [-0.2, 0) is 4.79 Å². The summed E-state index contributed by atoms with van der Waals surface area (Å²) < 4.78 is 0. The molecule has 0 saturated heterocycles. The summed E-state index contributed by atoms with van der Waals surface area (Å²) >= 11 is 1.47. The van der Waals surface area contributed by atoms with Crippen LogP contribution in [0.3, 0.4) is 0 Å². The molecule has 2 amide bonds. The first kappa shape index (κ1) is 16.4. The second kappa shape index (κ2) is 7.23. The average molecular weight is 299 g/mol. The zero-order valence-electron chi connectivity index (χ0n) is 12.1. The number of aryl methyl sites for hydroxylation is 1. The van der Waals surface area contributed by atoms with Gasteiger partial charge in [0.25, 0.3) is 0 Å². The number of amides is 2. The standard InChI is InChI=1S/C13H21N3O3S/c1-7(2)5-10(12(17)18)16-13(19)15-9(4)11-14-8(3)6-20-11/h6-7,9-10H,5H2,1-4H3,(H,17,18)(H2,15,16,19)/t9?,10-/m1/s1. The van der Waals surface area contributed by atoms with Crippen molar-refractivity contribution in [2.24, 2.45) is 5.92 Å². The van der Waals surface area contributed by atoms with Crippen LogP contribution in [0.5, 0.6) is 0 Å². The maximum absolute atomic E-state index is 11.8. The van der Waals surface area contributed by atoms with E-state index in [0.29, 0.717) is 6.42 Å². The second-order valence-electron chi connectivity index (χ2n) is 5.19. The van der Waals surface area contributed by atoms with Gasteiger partial charge in [0.2, 0.25) is 0 Å². The molecule has 6 nitrogen and oxygen atoms in total. The first-order valence-electron chi connectivity index (χ1n) is 6.51. The molecule has 0 fully saturated rings. The van der Waals surface area contributed by atoms with Gasteiger partial charge in [-0.25, -0.2) is 14.6 Å². The van der Waals surface area contributed by atoms with E-state index in [4.69, 9.17) is 5.11 Å². The summed E-state index contributed by atoms with van der Waals surface area (Å²) in [4.78, 5) is 27.2. The van der Waals surface area contributed by atoms with E-state index < -0.39 is 18.0 Å². The van der Waals surface area contributed by atoms with Crippen molar-refractivity contribution in [3.05, 3.63) is 16.1 Å². The van der Waals surface area contributed by atoms with E-state index in [1.165, 1.54) is 11.3 Å². The first-order valence-corrected chi connectivity index (χ1v) is 7.39. The highest BCUT2D eigenvalue weighted by Crippen LogP contribution is 2.17. The van der Waals surface area contributed by atoms with Crippen molar-refractivity contribution < 1.29 is 14.7 Å². The van der Waals surface area contributed by atoms with Gasteiger partial charge < -0.3 is 15.7 Å². The van der Waals surface area contributed by atoms with Gasteiger partial charge in [-0.2, -0.15) is 0 Å². The lowest BCUT2D eigenvalue weighted by atomic mass is 10.0. The fourth-order valence-corrected chi connectivity index (χ4v) is 2.53. The third-order valence-electron chi connectivity index (χ3n) is 2.67. The van der Waals surface area contributed by atoms with Gasteiger partial charge in [-0.3, -0.25) is 0 Å². The highest BCUT2D eigenvalue weighted by Gasteiger charge is 2.22. The second-order valence-corrected chi connectivity index (χ2v) is 6.08. The number of urea groups is 1. The summed E-state index contributed by atoms with van der Waals surface area (Å²) in [6.07, 6.45) is 0.396. The summed E-state index contributed by atoms with van der Waals surface area (Å²) in [5.41, 5.74) is 0.905. The van der Waals surface area contributed by atoms with Gasteiger partial charge >= 0.3 is 12.0 Å². The Morgan fingerprint density at radius 3 is 2.45 bits per heavy atom. The predicted molar refractivity (Wildman–Crippen MR) is 77.8 cm³/mol. The van der Waals surface area contributed by atoms with Crippen molar-refractivity contribution in [3.8, 4) is 0 Å². The van der Waals surface area contributed by atoms with Crippen molar-refractivity contribution >= 4 is 23.3 Å². The smallest absolute Gasteiger partial charge is 0.326 e. The van der Waals surface area contributed by atoms with E-state index in [1.807, 2.05) is 33.1 Å². The summed E-state index contributed by atoms with van der Waals surface area (Å²) in [5, 5.41) is 17.0. The van der Waals surface area contributed by atoms with E-state index >= 15 is 0 Å².